The van der Waals surface area contributed by atoms with E-state index in [9.17, 15) is 4.79 Å². The van der Waals surface area contributed by atoms with Crippen LogP contribution < -0.4 is 5.32 Å². The fourth-order valence-corrected chi connectivity index (χ4v) is 2.29. The first kappa shape index (κ1) is 14.3. The Balaban J connectivity index is 1.76. The summed E-state index contributed by atoms with van der Waals surface area (Å²) in [7, 11) is 0. The SMILES string of the molecule is O=C(Nc1cccc(Cl)c1)c1ccc(-c2ccccn2)cc1. The highest BCUT2D eigenvalue weighted by Crippen LogP contribution is 2.19. The number of rotatable bonds is 3. The number of benzene rings is 2. The molecule has 4 heteroatoms. The topological polar surface area (TPSA) is 42.0 Å². The van der Waals surface area contributed by atoms with Gasteiger partial charge in [-0.05, 0) is 42.5 Å². The Morgan fingerprint density at radius 1 is 0.955 bits per heavy atom. The lowest BCUT2D eigenvalue weighted by atomic mass is 10.1. The van der Waals surface area contributed by atoms with Crippen LogP contribution >= 0.6 is 11.6 Å². The van der Waals surface area contributed by atoms with Gasteiger partial charge in [0.2, 0.25) is 0 Å². The summed E-state index contributed by atoms with van der Waals surface area (Å²) in [6.07, 6.45) is 1.75. The molecule has 0 aliphatic heterocycles. The molecule has 1 N–H and O–H groups in total. The van der Waals surface area contributed by atoms with Crippen LogP contribution in [0.4, 0.5) is 5.69 Å². The third-order valence-electron chi connectivity index (χ3n) is 3.19. The lowest BCUT2D eigenvalue weighted by molar-refractivity contribution is 0.102. The number of hydrogen-bond acceptors (Lipinski definition) is 2. The van der Waals surface area contributed by atoms with Gasteiger partial charge in [0.15, 0.2) is 0 Å². The van der Waals surface area contributed by atoms with Crippen LogP contribution in [0.5, 0.6) is 0 Å². The van der Waals surface area contributed by atoms with Crippen molar-refractivity contribution in [3.63, 3.8) is 0 Å². The Morgan fingerprint density at radius 2 is 1.77 bits per heavy atom. The Morgan fingerprint density at radius 3 is 2.45 bits per heavy atom. The van der Waals surface area contributed by atoms with Crippen LogP contribution in [0, 0.1) is 0 Å². The van der Waals surface area contributed by atoms with Crippen LogP contribution in [-0.2, 0) is 0 Å². The van der Waals surface area contributed by atoms with Gasteiger partial charge in [0, 0.05) is 28.0 Å². The number of halogens is 1. The summed E-state index contributed by atoms with van der Waals surface area (Å²) >= 11 is 5.90. The van der Waals surface area contributed by atoms with Gasteiger partial charge < -0.3 is 5.32 Å². The largest absolute Gasteiger partial charge is 0.322 e. The predicted molar refractivity (Wildman–Crippen MR) is 89.1 cm³/mol. The number of nitrogens with one attached hydrogen (secondary N) is 1. The smallest absolute Gasteiger partial charge is 0.255 e. The first-order valence-electron chi connectivity index (χ1n) is 6.81. The van der Waals surface area contributed by atoms with Gasteiger partial charge in [-0.1, -0.05) is 35.9 Å². The molecule has 1 heterocycles. The maximum atomic E-state index is 12.2. The molecule has 1 amide bonds. The Kier molecular flexibility index (Phi) is 4.17. The molecular weight excluding hydrogens is 296 g/mol. The number of anilines is 1. The molecule has 0 saturated carbocycles. The Labute approximate surface area is 133 Å². The molecular formula is C18H13ClN2O. The summed E-state index contributed by atoms with van der Waals surface area (Å²) in [5, 5.41) is 3.41. The molecule has 0 radical (unpaired) electrons. The standard InChI is InChI=1S/C18H13ClN2O/c19-15-4-3-5-16(12-15)21-18(22)14-9-7-13(8-10-14)17-6-1-2-11-20-17/h1-12H,(H,21,22). The first-order valence-corrected chi connectivity index (χ1v) is 7.18. The van der Waals surface area contributed by atoms with Crippen molar-refractivity contribution in [3.05, 3.63) is 83.5 Å². The molecule has 3 aromatic rings. The van der Waals surface area contributed by atoms with Crippen molar-refractivity contribution in [3.8, 4) is 11.3 Å². The van der Waals surface area contributed by atoms with Crippen molar-refractivity contribution in [2.24, 2.45) is 0 Å². The molecule has 3 nitrogen and oxygen atoms in total. The van der Waals surface area contributed by atoms with Gasteiger partial charge in [0.25, 0.3) is 5.91 Å². The van der Waals surface area contributed by atoms with E-state index in [4.69, 9.17) is 11.6 Å². The number of carbonyl (C=O) groups excluding carboxylic acids is 1. The Bertz CT molecular complexity index is 786. The number of pyridine rings is 1. The molecule has 0 atom stereocenters. The van der Waals surface area contributed by atoms with Gasteiger partial charge in [-0.2, -0.15) is 0 Å². The van der Waals surface area contributed by atoms with E-state index in [1.54, 1.807) is 42.6 Å². The monoisotopic (exact) mass is 308 g/mol. The minimum absolute atomic E-state index is 0.171. The second-order valence-electron chi connectivity index (χ2n) is 4.76. The molecule has 0 unspecified atom stereocenters. The molecule has 0 aliphatic carbocycles. The fraction of sp³-hybridized carbons (Fsp3) is 0. The van der Waals surface area contributed by atoms with E-state index in [0.29, 0.717) is 16.3 Å². The first-order chi connectivity index (χ1) is 10.7. The highest BCUT2D eigenvalue weighted by Gasteiger charge is 2.07. The fourth-order valence-electron chi connectivity index (χ4n) is 2.10. The summed E-state index contributed by atoms with van der Waals surface area (Å²) in [6, 6.07) is 20.1. The van der Waals surface area contributed by atoms with Crippen molar-refractivity contribution in [1.29, 1.82) is 0 Å². The molecule has 22 heavy (non-hydrogen) atoms. The molecule has 108 valence electrons. The summed E-state index contributed by atoms with van der Waals surface area (Å²) in [4.78, 5) is 16.5. The van der Waals surface area contributed by atoms with Gasteiger partial charge in [-0.25, -0.2) is 0 Å². The highest BCUT2D eigenvalue weighted by atomic mass is 35.5. The minimum atomic E-state index is -0.171. The van der Waals surface area contributed by atoms with E-state index in [1.807, 2.05) is 30.3 Å². The molecule has 0 aliphatic rings. The molecule has 0 spiro atoms. The lowest BCUT2D eigenvalue weighted by Gasteiger charge is -2.06. The summed E-state index contributed by atoms with van der Waals surface area (Å²) < 4.78 is 0. The third kappa shape index (κ3) is 3.32. The van der Waals surface area contributed by atoms with Crippen molar-refractivity contribution < 1.29 is 4.79 Å². The second kappa shape index (κ2) is 6.41. The zero-order valence-electron chi connectivity index (χ0n) is 11.7. The average Bonchev–Trinajstić information content (AvgIpc) is 2.56. The number of carbonyl (C=O) groups is 1. The summed E-state index contributed by atoms with van der Waals surface area (Å²) in [6.45, 7) is 0. The van der Waals surface area contributed by atoms with Crippen LogP contribution in [0.2, 0.25) is 5.02 Å². The van der Waals surface area contributed by atoms with Crippen LogP contribution in [0.1, 0.15) is 10.4 Å². The second-order valence-corrected chi connectivity index (χ2v) is 5.19. The maximum absolute atomic E-state index is 12.2. The number of aromatic nitrogens is 1. The van der Waals surface area contributed by atoms with Crippen molar-refractivity contribution >= 4 is 23.2 Å². The van der Waals surface area contributed by atoms with Gasteiger partial charge in [-0.15, -0.1) is 0 Å². The van der Waals surface area contributed by atoms with Crippen molar-refractivity contribution in [2.75, 3.05) is 5.32 Å². The summed E-state index contributed by atoms with van der Waals surface area (Å²) in [5.41, 5.74) is 3.11. The molecule has 2 aromatic carbocycles. The van der Waals surface area contributed by atoms with Crippen LogP contribution in [0.25, 0.3) is 11.3 Å². The van der Waals surface area contributed by atoms with Gasteiger partial charge in [0.1, 0.15) is 0 Å². The maximum Gasteiger partial charge on any atom is 0.255 e. The van der Waals surface area contributed by atoms with Crippen molar-refractivity contribution in [2.45, 2.75) is 0 Å². The molecule has 0 fully saturated rings. The van der Waals surface area contributed by atoms with Gasteiger partial charge >= 0.3 is 0 Å². The number of hydrogen-bond donors (Lipinski definition) is 1. The van der Waals surface area contributed by atoms with E-state index in [-0.39, 0.29) is 5.91 Å². The lowest BCUT2D eigenvalue weighted by Crippen LogP contribution is -2.11. The highest BCUT2D eigenvalue weighted by molar-refractivity contribution is 6.30. The van der Waals surface area contributed by atoms with Crippen LogP contribution in [0.15, 0.2) is 72.9 Å². The van der Waals surface area contributed by atoms with Crippen LogP contribution in [-0.4, -0.2) is 10.9 Å². The zero-order valence-corrected chi connectivity index (χ0v) is 12.4. The van der Waals surface area contributed by atoms with Gasteiger partial charge in [0.05, 0.1) is 5.69 Å². The quantitative estimate of drug-likeness (QED) is 0.765. The molecule has 0 saturated heterocycles. The molecule has 3 rings (SSSR count). The third-order valence-corrected chi connectivity index (χ3v) is 3.43. The number of nitrogens with zero attached hydrogens (tertiary/aromatic N) is 1. The van der Waals surface area contributed by atoms with Crippen molar-refractivity contribution in [1.82, 2.24) is 4.98 Å². The van der Waals surface area contributed by atoms with Crippen LogP contribution in [0.3, 0.4) is 0 Å². The predicted octanol–water partition coefficient (Wildman–Crippen LogP) is 4.65. The minimum Gasteiger partial charge on any atom is -0.322 e. The van der Waals surface area contributed by atoms with E-state index in [1.165, 1.54) is 0 Å². The normalized spacial score (nSPS) is 10.2. The molecule has 0 bridgehead atoms. The van der Waals surface area contributed by atoms with E-state index in [2.05, 4.69) is 10.3 Å². The van der Waals surface area contributed by atoms with E-state index < -0.39 is 0 Å². The van der Waals surface area contributed by atoms with Gasteiger partial charge in [-0.3, -0.25) is 9.78 Å². The summed E-state index contributed by atoms with van der Waals surface area (Å²) in [5.74, 6) is -0.171. The average molecular weight is 309 g/mol. The zero-order chi connectivity index (χ0) is 15.4. The number of amides is 1. The molecule has 1 aromatic heterocycles. The van der Waals surface area contributed by atoms with E-state index in [0.717, 1.165) is 11.3 Å². The van der Waals surface area contributed by atoms with E-state index >= 15 is 0 Å². The Hall–Kier alpha value is -2.65.